The SMILES string of the molecule is CC(C)CCC[C@@H](C)[C@H]1CC[C@H]2[C@@H]3CC=C4C[C@@H](OC(=O)CCC(=O)OCOC(=O)C(C)(C)C)CC[C@]4(C)[C@H]3CC[C@]12C. The highest BCUT2D eigenvalue weighted by atomic mass is 16.7. The van der Waals surface area contributed by atoms with Gasteiger partial charge in [-0.15, -0.1) is 0 Å². The predicted octanol–water partition coefficient (Wildman–Crippen LogP) is 8.81. The number of fused-ring (bicyclic) bond motifs is 5. The number of hydrogen-bond donors (Lipinski definition) is 0. The van der Waals surface area contributed by atoms with Crippen LogP contribution >= 0.6 is 0 Å². The van der Waals surface area contributed by atoms with Crippen LogP contribution in [0.3, 0.4) is 0 Å². The van der Waals surface area contributed by atoms with Crippen molar-refractivity contribution >= 4 is 17.9 Å². The second kappa shape index (κ2) is 13.6. The minimum Gasteiger partial charge on any atom is -0.462 e. The van der Waals surface area contributed by atoms with Crippen LogP contribution in [0.25, 0.3) is 0 Å². The Bertz CT molecular complexity index is 1040. The van der Waals surface area contributed by atoms with E-state index in [1.54, 1.807) is 20.8 Å². The molecule has 0 unspecified atom stereocenters. The Balaban J connectivity index is 1.27. The van der Waals surface area contributed by atoms with Crippen molar-refractivity contribution in [2.24, 2.45) is 51.8 Å². The fourth-order valence-corrected chi connectivity index (χ4v) is 9.64. The summed E-state index contributed by atoms with van der Waals surface area (Å²) < 4.78 is 15.8. The van der Waals surface area contributed by atoms with E-state index in [1.165, 1.54) is 56.9 Å². The monoisotopic (exact) mass is 600 g/mol. The quantitative estimate of drug-likeness (QED) is 0.134. The van der Waals surface area contributed by atoms with Crippen molar-refractivity contribution in [2.45, 2.75) is 145 Å². The Labute approximate surface area is 261 Å². The van der Waals surface area contributed by atoms with Crippen LogP contribution in [0.15, 0.2) is 11.6 Å². The first-order valence-corrected chi connectivity index (χ1v) is 17.4. The summed E-state index contributed by atoms with van der Waals surface area (Å²) in [7, 11) is 0. The third-order valence-electron chi connectivity index (χ3n) is 12.1. The summed E-state index contributed by atoms with van der Waals surface area (Å²) in [6.07, 6.45) is 15.9. The van der Waals surface area contributed by atoms with Gasteiger partial charge in [0.1, 0.15) is 6.10 Å². The van der Waals surface area contributed by atoms with E-state index in [-0.39, 0.29) is 30.3 Å². The number of esters is 3. The van der Waals surface area contributed by atoms with Gasteiger partial charge in [0.2, 0.25) is 6.79 Å². The van der Waals surface area contributed by atoms with E-state index in [2.05, 4.69) is 40.7 Å². The molecule has 0 aromatic rings. The molecule has 4 rings (SSSR count). The van der Waals surface area contributed by atoms with Crippen LogP contribution in [0.5, 0.6) is 0 Å². The largest absolute Gasteiger partial charge is 0.462 e. The molecule has 0 heterocycles. The van der Waals surface area contributed by atoms with Gasteiger partial charge < -0.3 is 14.2 Å². The molecule has 4 aliphatic carbocycles. The molecule has 0 bridgehead atoms. The zero-order valence-corrected chi connectivity index (χ0v) is 28.5. The molecule has 0 saturated heterocycles. The van der Waals surface area contributed by atoms with Crippen molar-refractivity contribution < 1.29 is 28.6 Å². The molecule has 3 fully saturated rings. The first-order valence-electron chi connectivity index (χ1n) is 17.4. The Morgan fingerprint density at radius 3 is 2.33 bits per heavy atom. The predicted molar refractivity (Wildman–Crippen MR) is 169 cm³/mol. The first kappa shape index (κ1) is 34.0. The number of carbonyl (C=O) groups excluding carboxylic acids is 3. The summed E-state index contributed by atoms with van der Waals surface area (Å²) in [6, 6.07) is 0. The molecule has 4 aliphatic rings. The highest BCUT2D eigenvalue weighted by Gasteiger charge is 2.59. The van der Waals surface area contributed by atoms with Gasteiger partial charge >= 0.3 is 17.9 Å². The fraction of sp³-hybridized carbons (Fsp3) is 0.865. The molecule has 0 spiro atoms. The van der Waals surface area contributed by atoms with E-state index >= 15 is 0 Å². The number of allylic oxidation sites excluding steroid dienone is 1. The minimum atomic E-state index is -0.663. The lowest BCUT2D eigenvalue weighted by molar-refractivity contribution is -0.174. The van der Waals surface area contributed by atoms with Crippen LogP contribution < -0.4 is 0 Å². The normalized spacial score (nSPS) is 34.3. The van der Waals surface area contributed by atoms with E-state index in [0.717, 1.165) is 54.8 Å². The summed E-state index contributed by atoms with van der Waals surface area (Å²) in [4.78, 5) is 36.4. The highest BCUT2D eigenvalue weighted by molar-refractivity contribution is 5.78. The number of carbonyl (C=O) groups is 3. The van der Waals surface area contributed by atoms with Crippen molar-refractivity contribution in [2.75, 3.05) is 6.79 Å². The van der Waals surface area contributed by atoms with Crippen LogP contribution in [0, 0.1) is 51.8 Å². The van der Waals surface area contributed by atoms with Crippen molar-refractivity contribution in [1.82, 2.24) is 0 Å². The summed E-state index contributed by atoms with van der Waals surface area (Å²) >= 11 is 0. The highest BCUT2D eigenvalue weighted by Crippen LogP contribution is 2.67. The Morgan fingerprint density at radius 2 is 1.63 bits per heavy atom. The van der Waals surface area contributed by atoms with Gasteiger partial charge in [0, 0.05) is 6.42 Å². The Hall–Kier alpha value is -1.85. The summed E-state index contributed by atoms with van der Waals surface area (Å²) in [6.45, 7) is 17.1. The van der Waals surface area contributed by atoms with E-state index < -0.39 is 24.1 Å². The van der Waals surface area contributed by atoms with Crippen LogP contribution in [0.2, 0.25) is 0 Å². The molecule has 244 valence electrons. The first-order chi connectivity index (χ1) is 20.1. The van der Waals surface area contributed by atoms with Crippen LogP contribution in [-0.4, -0.2) is 30.8 Å². The van der Waals surface area contributed by atoms with Gasteiger partial charge in [0.25, 0.3) is 0 Å². The maximum atomic E-state index is 12.6. The van der Waals surface area contributed by atoms with E-state index in [0.29, 0.717) is 5.41 Å². The number of ether oxygens (including phenoxy) is 3. The maximum Gasteiger partial charge on any atom is 0.314 e. The van der Waals surface area contributed by atoms with Gasteiger partial charge in [-0.05, 0) is 112 Å². The lowest BCUT2D eigenvalue weighted by Gasteiger charge is -2.58. The van der Waals surface area contributed by atoms with Gasteiger partial charge in [-0.3, -0.25) is 14.4 Å². The van der Waals surface area contributed by atoms with E-state index in [4.69, 9.17) is 14.2 Å². The van der Waals surface area contributed by atoms with Gasteiger partial charge in [-0.25, -0.2) is 0 Å². The van der Waals surface area contributed by atoms with Crippen molar-refractivity contribution in [1.29, 1.82) is 0 Å². The molecule has 0 aliphatic heterocycles. The zero-order chi connectivity index (χ0) is 31.6. The zero-order valence-electron chi connectivity index (χ0n) is 28.5. The van der Waals surface area contributed by atoms with Gasteiger partial charge in [-0.1, -0.05) is 65.5 Å². The lowest BCUT2D eigenvalue weighted by atomic mass is 9.47. The molecule has 0 aromatic heterocycles. The molecule has 6 heteroatoms. The fourth-order valence-electron chi connectivity index (χ4n) is 9.64. The smallest absolute Gasteiger partial charge is 0.314 e. The molecular weight excluding hydrogens is 540 g/mol. The molecule has 8 atom stereocenters. The summed E-state index contributed by atoms with van der Waals surface area (Å²) in [5, 5.41) is 0. The van der Waals surface area contributed by atoms with Crippen LogP contribution in [0.4, 0.5) is 0 Å². The number of rotatable bonds is 11. The molecule has 0 aromatic carbocycles. The average molecular weight is 601 g/mol. The van der Waals surface area contributed by atoms with E-state index in [9.17, 15) is 14.4 Å². The minimum absolute atomic E-state index is 0.0269. The Kier molecular flexibility index (Phi) is 10.8. The Morgan fingerprint density at radius 1 is 0.907 bits per heavy atom. The molecular formula is C37H60O6. The third kappa shape index (κ3) is 7.69. The van der Waals surface area contributed by atoms with Gasteiger partial charge in [-0.2, -0.15) is 0 Å². The molecule has 0 amide bonds. The van der Waals surface area contributed by atoms with Crippen molar-refractivity contribution in [3.63, 3.8) is 0 Å². The van der Waals surface area contributed by atoms with Crippen molar-refractivity contribution in [3.05, 3.63) is 11.6 Å². The number of hydrogen-bond acceptors (Lipinski definition) is 6. The topological polar surface area (TPSA) is 78.9 Å². The van der Waals surface area contributed by atoms with Crippen molar-refractivity contribution in [3.8, 4) is 0 Å². The molecule has 0 radical (unpaired) electrons. The van der Waals surface area contributed by atoms with E-state index in [1.807, 2.05) is 0 Å². The third-order valence-corrected chi connectivity index (χ3v) is 12.1. The second-order valence-corrected chi connectivity index (χ2v) is 16.5. The van der Waals surface area contributed by atoms with Crippen LogP contribution in [0.1, 0.15) is 139 Å². The summed E-state index contributed by atoms with van der Waals surface area (Å²) in [5.74, 6) is 3.49. The average Bonchev–Trinajstić information content (AvgIpc) is 3.28. The van der Waals surface area contributed by atoms with Crippen LogP contribution in [-0.2, 0) is 28.6 Å². The maximum absolute atomic E-state index is 12.6. The molecule has 6 nitrogen and oxygen atoms in total. The summed E-state index contributed by atoms with van der Waals surface area (Å²) in [5.41, 5.74) is 1.53. The molecule has 0 N–H and O–H groups in total. The second-order valence-electron chi connectivity index (χ2n) is 16.5. The standard InChI is InChI=1S/C37H60O6/c1-24(2)10-9-11-25(3)29-14-15-30-28-13-12-26-22-27(18-20-36(26,7)31(28)19-21-37(29,30)8)43-33(39)17-16-32(38)41-23-42-34(40)35(4,5)6/h12,24-25,27-31H,9-11,13-23H2,1-8H3/t25-,27+,28+,29-,30+,31+,36+,37-/m1/s1. The lowest BCUT2D eigenvalue weighted by Crippen LogP contribution is -2.51. The molecule has 3 saturated carbocycles. The molecule has 43 heavy (non-hydrogen) atoms. The van der Waals surface area contributed by atoms with Gasteiger partial charge in [0.05, 0.1) is 18.3 Å². The van der Waals surface area contributed by atoms with Gasteiger partial charge in [0.15, 0.2) is 0 Å².